The number of aromatic hydroxyl groups is 1. The summed E-state index contributed by atoms with van der Waals surface area (Å²) in [6, 6.07) is 13.1. The monoisotopic (exact) mass is 444 g/mol. The van der Waals surface area contributed by atoms with Gasteiger partial charge in [-0.15, -0.1) is 0 Å². The Labute approximate surface area is 180 Å². The van der Waals surface area contributed by atoms with Crippen LogP contribution in [-0.4, -0.2) is 26.4 Å². The Hall–Kier alpha value is -3.09. The number of phenolic OH excluding ortho intramolecular Hbond substituents is 1. The number of aromatic amines is 1. The summed E-state index contributed by atoms with van der Waals surface area (Å²) in [4.78, 5) is 10.9. The molecule has 4 rings (SSSR count). The summed E-state index contributed by atoms with van der Waals surface area (Å²) in [5.74, 6) is -2.15. The first-order valence-corrected chi connectivity index (χ1v) is 9.77. The van der Waals surface area contributed by atoms with Crippen LogP contribution in [0.2, 0.25) is 10.0 Å². The molecule has 1 heterocycles. The number of carbonyl (C=O) groups is 1. The fourth-order valence-corrected chi connectivity index (χ4v) is 3.90. The predicted molar refractivity (Wildman–Crippen MR) is 115 cm³/mol. The zero-order valence-electron chi connectivity index (χ0n) is 15.4. The number of H-pyrrole nitrogens is 1. The Balaban J connectivity index is 1.74. The molecule has 0 atom stereocenters. The highest BCUT2D eigenvalue weighted by Gasteiger charge is 2.15. The lowest BCUT2D eigenvalue weighted by molar-refractivity contribution is -0.136. The highest BCUT2D eigenvalue weighted by molar-refractivity contribution is 6.34. The van der Waals surface area contributed by atoms with Gasteiger partial charge in [0.2, 0.25) is 0 Å². The van der Waals surface area contributed by atoms with E-state index >= 15 is 0 Å². The molecule has 152 valence electrons. The van der Waals surface area contributed by atoms with E-state index in [0.717, 1.165) is 28.1 Å². The van der Waals surface area contributed by atoms with Crippen LogP contribution in [0.25, 0.3) is 33.2 Å². The molecule has 0 aliphatic rings. The van der Waals surface area contributed by atoms with Gasteiger partial charge in [0, 0.05) is 22.9 Å². The zero-order valence-corrected chi connectivity index (χ0v) is 16.9. The van der Waals surface area contributed by atoms with Crippen molar-refractivity contribution in [3.8, 4) is 28.0 Å². The van der Waals surface area contributed by atoms with Crippen LogP contribution in [0, 0.1) is 5.82 Å². The summed E-state index contributed by atoms with van der Waals surface area (Å²) in [5, 5.41) is 27.6. The van der Waals surface area contributed by atoms with Crippen LogP contribution in [0.5, 0.6) is 5.75 Å². The Bertz CT molecular complexity index is 1270. The van der Waals surface area contributed by atoms with Gasteiger partial charge >= 0.3 is 5.97 Å². The molecule has 0 aliphatic carbocycles. The minimum Gasteiger partial charge on any atom is -0.504 e. The third-order valence-corrected chi connectivity index (χ3v) is 5.50. The fraction of sp³-hybridized carbons (Fsp3) is 0.0909. The third-order valence-electron chi connectivity index (χ3n) is 4.87. The number of hydrogen-bond acceptors (Lipinski definition) is 3. The van der Waals surface area contributed by atoms with Gasteiger partial charge in [-0.2, -0.15) is 5.10 Å². The molecular weight excluding hydrogens is 430 g/mol. The topological polar surface area (TPSA) is 86.2 Å². The molecule has 0 fully saturated rings. The second-order valence-electron chi connectivity index (χ2n) is 6.77. The lowest BCUT2D eigenvalue weighted by Gasteiger charge is -2.10. The van der Waals surface area contributed by atoms with E-state index in [1.54, 1.807) is 30.3 Å². The molecule has 3 N–H and O–H groups in total. The molecule has 3 aromatic carbocycles. The number of benzene rings is 3. The minimum atomic E-state index is -0.893. The Morgan fingerprint density at radius 2 is 1.73 bits per heavy atom. The van der Waals surface area contributed by atoms with Crippen molar-refractivity contribution in [2.24, 2.45) is 0 Å². The molecule has 0 unspecified atom stereocenters. The van der Waals surface area contributed by atoms with Crippen molar-refractivity contribution in [2.75, 3.05) is 0 Å². The van der Waals surface area contributed by atoms with Gasteiger partial charge < -0.3 is 10.2 Å². The predicted octanol–water partition coefficient (Wildman–Crippen LogP) is 6.07. The maximum Gasteiger partial charge on any atom is 0.303 e. The molecule has 30 heavy (non-hydrogen) atoms. The number of carboxylic acid groups (broad SMARTS) is 1. The summed E-state index contributed by atoms with van der Waals surface area (Å²) >= 11 is 12.6. The zero-order chi connectivity index (χ0) is 21.4. The van der Waals surface area contributed by atoms with Crippen LogP contribution in [0.4, 0.5) is 4.39 Å². The van der Waals surface area contributed by atoms with E-state index < -0.39 is 17.5 Å². The molecule has 5 nitrogen and oxygen atoms in total. The van der Waals surface area contributed by atoms with E-state index in [1.807, 2.05) is 6.07 Å². The normalized spacial score (nSPS) is 11.2. The Morgan fingerprint density at radius 1 is 1.03 bits per heavy atom. The quantitative estimate of drug-likeness (QED) is 0.348. The molecule has 4 aromatic rings. The largest absolute Gasteiger partial charge is 0.504 e. The van der Waals surface area contributed by atoms with Gasteiger partial charge in [-0.3, -0.25) is 9.89 Å². The van der Waals surface area contributed by atoms with E-state index in [9.17, 15) is 14.3 Å². The average Bonchev–Trinajstić information content (AvgIpc) is 3.11. The van der Waals surface area contributed by atoms with Crippen LogP contribution < -0.4 is 0 Å². The molecule has 0 saturated heterocycles. The van der Waals surface area contributed by atoms with E-state index in [0.29, 0.717) is 22.7 Å². The highest BCUT2D eigenvalue weighted by Crippen LogP contribution is 2.39. The van der Waals surface area contributed by atoms with Crippen LogP contribution in [0.1, 0.15) is 12.1 Å². The molecule has 0 aliphatic heterocycles. The maximum absolute atomic E-state index is 13.7. The standard InChI is InChI=1S/C22H15Cl2FN2O3/c23-15-5-6-17(25)22(30)21(15)12-3-1-11(2-4-12)13-9-14-18(7-8-20(28)29)26-27-19(14)10-16(13)24/h1-6,9-10,30H,7-8H2,(H,26,27)(H,28,29). The van der Waals surface area contributed by atoms with Gasteiger partial charge in [-0.1, -0.05) is 47.5 Å². The number of nitrogens with one attached hydrogen (secondary N) is 1. The van der Waals surface area contributed by atoms with E-state index in [1.165, 1.54) is 6.07 Å². The first-order chi connectivity index (χ1) is 14.3. The van der Waals surface area contributed by atoms with E-state index in [-0.39, 0.29) is 17.0 Å². The number of aliphatic carboxylic acids is 1. The molecule has 0 bridgehead atoms. The Morgan fingerprint density at radius 3 is 2.43 bits per heavy atom. The van der Waals surface area contributed by atoms with Crippen LogP contribution in [0.3, 0.4) is 0 Å². The van der Waals surface area contributed by atoms with Gasteiger partial charge in [-0.25, -0.2) is 4.39 Å². The van der Waals surface area contributed by atoms with Crippen LogP contribution in [-0.2, 0) is 11.2 Å². The smallest absolute Gasteiger partial charge is 0.303 e. The molecule has 0 spiro atoms. The number of fused-ring (bicyclic) bond motifs is 1. The number of aryl methyl sites for hydroxylation is 1. The molecule has 8 heteroatoms. The number of hydrogen-bond donors (Lipinski definition) is 3. The van der Waals surface area contributed by atoms with Crippen molar-refractivity contribution in [3.05, 3.63) is 70.1 Å². The number of phenols is 1. The van der Waals surface area contributed by atoms with E-state index in [2.05, 4.69) is 10.2 Å². The summed E-state index contributed by atoms with van der Waals surface area (Å²) in [5.41, 5.74) is 3.68. The SMILES string of the molecule is O=C(O)CCc1n[nH]c2cc(Cl)c(-c3ccc(-c4c(Cl)ccc(F)c4O)cc3)cc12. The minimum absolute atomic E-state index is 0.0233. The summed E-state index contributed by atoms with van der Waals surface area (Å²) in [6.45, 7) is 0. The first-order valence-electron chi connectivity index (χ1n) is 9.01. The number of carboxylic acids is 1. The molecule has 0 amide bonds. The molecule has 1 aromatic heterocycles. The summed E-state index contributed by atoms with van der Waals surface area (Å²) < 4.78 is 13.7. The average molecular weight is 445 g/mol. The van der Waals surface area contributed by atoms with Crippen molar-refractivity contribution in [1.82, 2.24) is 10.2 Å². The number of nitrogens with zero attached hydrogens (tertiary/aromatic N) is 1. The second kappa shape index (κ2) is 7.97. The number of aromatic nitrogens is 2. The van der Waals surface area contributed by atoms with Gasteiger partial charge in [0.05, 0.1) is 27.7 Å². The van der Waals surface area contributed by atoms with Gasteiger partial charge in [0.15, 0.2) is 11.6 Å². The van der Waals surface area contributed by atoms with Gasteiger partial charge in [0.25, 0.3) is 0 Å². The molecule has 0 radical (unpaired) electrons. The summed E-state index contributed by atoms with van der Waals surface area (Å²) in [7, 11) is 0. The van der Waals surface area contributed by atoms with Crippen LogP contribution >= 0.6 is 23.2 Å². The van der Waals surface area contributed by atoms with Gasteiger partial charge in [0.1, 0.15) is 0 Å². The molecule has 0 saturated carbocycles. The van der Waals surface area contributed by atoms with Crippen molar-refractivity contribution in [1.29, 1.82) is 0 Å². The first kappa shape index (κ1) is 20.2. The lowest BCUT2D eigenvalue weighted by atomic mass is 9.98. The number of halogens is 3. The van der Waals surface area contributed by atoms with Crippen molar-refractivity contribution >= 4 is 40.1 Å². The lowest BCUT2D eigenvalue weighted by Crippen LogP contribution is -1.98. The van der Waals surface area contributed by atoms with Crippen molar-refractivity contribution in [2.45, 2.75) is 12.8 Å². The van der Waals surface area contributed by atoms with Gasteiger partial charge in [-0.05, 0) is 35.4 Å². The van der Waals surface area contributed by atoms with Crippen molar-refractivity contribution in [3.63, 3.8) is 0 Å². The summed E-state index contributed by atoms with van der Waals surface area (Å²) in [6.07, 6.45) is 0.275. The second-order valence-corrected chi connectivity index (χ2v) is 7.59. The third kappa shape index (κ3) is 3.72. The van der Waals surface area contributed by atoms with Crippen molar-refractivity contribution < 1.29 is 19.4 Å². The fourth-order valence-electron chi connectivity index (χ4n) is 3.36. The molecular formula is C22H15Cl2FN2O3. The van der Waals surface area contributed by atoms with E-state index in [4.69, 9.17) is 28.3 Å². The Kier molecular flexibility index (Phi) is 5.37. The maximum atomic E-state index is 13.7. The highest BCUT2D eigenvalue weighted by atomic mass is 35.5. The van der Waals surface area contributed by atoms with Crippen LogP contribution in [0.15, 0.2) is 48.5 Å². The number of rotatable bonds is 5.